The molecule has 4 heterocycles. The first-order chi connectivity index (χ1) is 11.9. The van der Waals surface area contributed by atoms with Crippen molar-refractivity contribution in [2.24, 2.45) is 0 Å². The Balaban J connectivity index is 1.84. The third-order valence-corrected chi connectivity index (χ3v) is 3.74. The van der Waals surface area contributed by atoms with Crippen molar-refractivity contribution in [2.45, 2.75) is 0 Å². The molecule has 0 aliphatic rings. The molecule has 4 nitrogen and oxygen atoms in total. The van der Waals surface area contributed by atoms with Gasteiger partial charge in [0.05, 0.1) is 11.4 Å². The molecule has 0 unspecified atom stereocenters. The third kappa shape index (κ3) is 2.77. The summed E-state index contributed by atoms with van der Waals surface area (Å²) in [6.45, 7) is 0. The van der Waals surface area contributed by atoms with E-state index < -0.39 is 0 Å². The van der Waals surface area contributed by atoms with Gasteiger partial charge in [0.2, 0.25) is 11.4 Å². The zero-order valence-corrected chi connectivity index (χ0v) is 12.9. The van der Waals surface area contributed by atoms with E-state index in [0.29, 0.717) is 0 Å². The molecule has 0 N–H and O–H groups in total. The Labute approximate surface area is 140 Å². The SMILES string of the molecule is c1ccc(-c2cc(-[n+]3ccccc3-c3ccccn3)ccn2)nc1. The molecule has 24 heavy (non-hydrogen) atoms. The second-order valence-corrected chi connectivity index (χ2v) is 5.29. The average molecular weight is 311 g/mol. The van der Waals surface area contributed by atoms with E-state index in [0.717, 1.165) is 28.5 Å². The smallest absolute Gasteiger partial charge is 0.236 e. The van der Waals surface area contributed by atoms with Crippen LogP contribution in [0.5, 0.6) is 0 Å². The lowest BCUT2D eigenvalue weighted by molar-refractivity contribution is -0.584. The van der Waals surface area contributed by atoms with Gasteiger partial charge in [-0.05, 0) is 30.3 Å². The zero-order valence-electron chi connectivity index (χ0n) is 12.9. The molecule has 4 heteroatoms. The second-order valence-electron chi connectivity index (χ2n) is 5.29. The molecule has 0 saturated heterocycles. The first-order valence-corrected chi connectivity index (χ1v) is 7.72. The first kappa shape index (κ1) is 14.2. The van der Waals surface area contributed by atoms with E-state index in [1.165, 1.54) is 0 Å². The molecule has 0 aliphatic carbocycles. The summed E-state index contributed by atoms with van der Waals surface area (Å²) in [7, 11) is 0. The molecule has 0 atom stereocenters. The van der Waals surface area contributed by atoms with Crippen LogP contribution in [-0.4, -0.2) is 15.0 Å². The van der Waals surface area contributed by atoms with E-state index in [1.807, 2.05) is 73.1 Å². The van der Waals surface area contributed by atoms with E-state index in [9.17, 15) is 0 Å². The van der Waals surface area contributed by atoms with Gasteiger partial charge in [-0.1, -0.05) is 12.1 Å². The van der Waals surface area contributed by atoms with Gasteiger partial charge in [0, 0.05) is 42.9 Å². The van der Waals surface area contributed by atoms with Crippen LogP contribution in [0.1, 0.15) is 0 Å². The molecule has 4 aromatic heterocycles. The lowest BCUT2D eigenvalue weighted by Crippen LogP contribution is -2.33. The molecule has 0 saturated carbocycles. The van der Waals surface area contributed by atoms with Crippen LogP contribution in [0.25, 0.3) is 28.5 Å². The van der Waals surface area contributed by atoms with Gasteiger partial charge in [-0.15, -0.1) is 0 Å². The lowest BCUT2D eigenvalue weighted by atomic mass is 10.2. The summed E-state index contributed by atoms with van der Waals surface area (Å²) in [5.74, 6) is 0. The molecule has 4 aromatic rings. The normalized spacial score (nSPS) is 10.5. The molecule has 0 bridgehead atoms. The Morgan fingerprint density at radius 2 is 1.29 bits per heavy atom. The minimum absolute atomic E-state index is 0.844. The summed E-state index contributed by atoms with van der Waals surface area (Å²) in [5, 5.41) is 0. The van der Waals surface area contributed by atoms with E-state index in [4.69, 9.17) is 0 Å². The van der Waals surface area contributed by atoms with Crippen molar-refractivity contribution in [3.63, 3.8) is 0 Å². The maximum atomic E-state index is 4.47. The van der Waals surface area contributed by atoms with Crippen molar-refractivity contribution in [3.8, 4) is 28.5 Å². The van der Waals surface area contributed by atoms with Crippen LogP contribution in [-0.2, 0) is 0 Å². The number of aromatic nitrogens is 4. The van der Waals surface area contributed by atoms with Crippen LogP contribution in [0.4, 0.5) is 0 Å². The quantitative estimate of drug-likeness (QED) is 0.544. The van der Waals surface area contributed by atoms with E-state index in [-0.39, 0.29) is 0 Å². The fourth-order valence-corrected chi connectivity index (χ4v) is 2.61. The molecule has 0 amide bonds. The molecule has 114 valence electrons. The molecule has 0 fully saturated rings. The molecule has 0 radical (unpaired) electrons. The number of rotatable bonds is 3. The number of nitrogens with zero attached hydrogens (tertiary/aromatic N) is 4. The van der Waals surface area contributed by atoms with Crippen molar-refractivity contribution >= 4 is 0 Å². The summed E-state index contributed by atoms with van der Waals surface area (Å²) in [6.07, 6.45) is 7.42. The highest BCUT2D eigenvalue weighted by Crippen LogP contribution is 2.17. The van der Waals surface area contributed by atoms with Crippen molar-refractivity contribution in [3.05, 3.63) is 91.5 Å². The fourth-order valence-electron chi connectivity index (χ4n) is 2.61. The van der Waals surface area contributed by atoms with Crippen LogP contribution < -0.4 is 4.57 Å². The molecule has 0 aromatic carbocycles. The molecular weight excluding hydrogens is 296 g/mol. The molecule has 4 rings (SSSR count). The molecular formula is C20H15N4+. The standard InChI is InChI=1S/C20H15N4/c1-4-11-21-17(7-1)19-15-16(10-13-23-19)24-14-6-3-9-20(24)18-8-2-5-12-22-18/h1-15H/q+1. The largest absolute Gasteiger partial charge is 0.255 e. The van der Waals surface area contributed by atoms with Gasteiger partial charge in [0.15, 0.2) is 6.20 Å². The minimum atomic E-state index is 0.844. The highest BCUT2D eigenvalue weighted by Gasteiger charge is 2.17. The predicted molar refractivity (Wildman–Crippen MR) is 92.2 cm³/mol. The van der Waals surface area contributed by atoms with Crippen LogP contribution in [0.15, 0.2) is 91.5 Å². The van der Waals surface area contributed by atoms with Crippen LogP contribution >= 0.6 is 0 Å². The summed E-state index contributed by atoms with van der Waals surface area (Å²) >= 11 is 0. The summed E-state index contributed by atoms with van der Waals surface area (Å²) in [5.41, 5.74) is 4.67. The molecule has 0 spiro atoms. The first-order valence-electron chi connectivity index (χ1n) is 7.72. The van der Waals surface area contributed by atoms with Crippen molar-refractivity contribution in [1.82, 2.24) is 15.0 Å². The van der Waals surface area contributed by atoms with Gasteiger partial charge in [0.1, 0.15) is 5.69 Å². The Kier molecular flexibility index (Phi) is 3.78. The van der Waals surface area contributed by atoms with Gasteiger partial charge < -0.3 is 0 Å². The highest BCUT2D eigenvalue weighted by atomic mass is 15.0. The number of hydrogen-bond acceptors (Lipinski definition) is 3. The van der Waals surface area contributed by atoms with Crippen molar-refractivity contribution < 1.29 is 4.57 Å². The monoisotopic (exact) mass is 311 g/mol. The van der Waals surface area contributed by atoms with E-state index in [2.05, 4.69) is 25.6 Å². The van der Waals surface area contributed by atoms with Crippen molar-refractivity contribution in [2.75, 3.05) is 0 Å². The van der Waals surface area contributed by atoms with Gasteiger partial charge in [-0.3, -0.25) is 9.97 Å². The van der Waals surface area contributed by atoms with Crippen LogP contribution in [0.3, 0.4) is 0 Å². The summed E-state index contributed by atoms with van der Waals surface area (Å²) in [6, 6.07) is 21.8. The Morgan fingerprint density at radius 1 is 0.583 bits per heavy atom. The lowest BCUT2D eigenvalue weighted by Gasteiger charge is -2.04. The van der Waals surface area contributed by atoms with Crippen LogP contribution in [0.2, 0.25) is 0 Å². The van der Waals surface area contributed by atoms with Gasteiger partial charge in [-0.25, -0.2) is 4.98 Å². The Bertz CT molecular complexity index is 953. The van der Waals surface area contributed by atoms with Gasteiger partial charge in [0.25, 0.3) is 0 Å². The fraction of sp³-hybridized carbons (Fsp3) is 0. The number of hydrogen-bond donors (Lipinski definition) is 0. The van der Waals surface area contributed by atoms with E-state index in [1.54, 1.807) is 12.4 Å². The summed E-state index contributed by atoms with van der Waals surface area (Å²) in [4.78, 5) is 13.3. The minimum Gasteiger partial charge on any atom is -0.255 e. The molecule has 0 aliphatic heterocycles. The third-order valence-electron chi connectivity index (χ3n) is 3.74. The second kappa shape index (κ2) is 6.38. The highest BCUT2D eigenvalue weighted by molar-refractivity contribution is 5.56. The number of pyridine rings is 4. The maximum Gasteiger partial charge on any atom is 0.236 e. The summed E-state index contributed by atoms with van der Waals surface area (Å²) < 4.78 is 2.11. The Hall–Kier alpha value is -3.40. The zero-order chi connectivity index (χ0) is 16.2. The van der Waals surface area contributed by atoms with Crippen molar-refractivity contribution in [1.29, 1.82) is 0 Å². The average Bonchev–Trinajstić information content (AvgIpc) is 2.69. The maximum absolute atomic E-state index is 4.47. The predicted octanol–water partition coefficient (Wildman–Crippen LogP) is 3.48. The van der Waals surface area contributed by atoms with Gasteiger partial charge in [-0.2, -0.15) is 4.57 Å². The van der Waals surface area contributed by atoms with Gasteiger partial charge >= 0.3 is 0 Å². The Morgan fingerprint density at radius 3 is 2.04 bits per heavy atom. The van der Waals surface area contributed by atoms with Crippen LogP contribution in [0, 0.1) is 0 Å². The topological polar surface area (TPSA) is 42.5 Å². The van der Waals surface area contributed by atoms with E-state index >= 15 is 0 Å².